The van der Waals surface area contributed by atoms with E-state index in [1.807, 2.05) is 0 Å². The van der Waals surface area contributed by atoms with Gasteiger partial charge in [-0.3, -0.25) is 9.59 Å². The first-order valence-corrected chi connectivity index (χ1v) is 7.43. The molecule has 1 atom stereocenters. The molecule has 6 heteroatoms. The molecule has 0 aromatic heterocycles. The van der Waals surface area contributed by atoms with Gasteiger partial charge >= 0.3 is 0 Å². The number of ether oxygens (including phenoxy) is 1. The molecule has 0 radical (unpaired) electrons. The molecule has 1 fully saturated rings. The van der Waals surface area contributed by atoms with Crippen LogP contribution in [0.4, 0.5) is 5.69 Å². The van der Waals surface area contributed by atoms with Crippen LogP contribution < -0.4 is 5.32 Å². The molecule has 2 N–H and O–H groups in total. The van der Waals surface area contributed by atoms with E-state index in [0.717, 1.165) is 12.5 Å². The van der Waals surface area contributed by atoms with E-state index in [9.17, 15) is 14.7 Å². The summed E-state index contributed by atoms with van der Waals surface area (Å²) in [6.07, 6.45) is 1.98. The zero-order valence-electron chi connectivity index (χ0n) is 13.5. The Morgan fingerprint density at radius 2 is 2.26 bits per heavy atom. The van der Waals surface area contributed by atoms with Gasteiger partial charge in [0.15, 0.2) is 0 Å². The summed E-state index contributed by atoms with van der Waals surface area (Å²) in [6, 6.07) is 4.43. The Morgan fingerprint density at radius 1 is 1.52 bits per heavy atom. The number of amides is 2. The van der Waals surface area contributed by atoms with E-state index in [-0.39, 0.29) is 22.8 Å². The van der Waals surface area contributed by atoms with Crippen LogP contribution in [0.3, 0.4) is 0 Å². The third kappa shape index (κ3) is 3.90. The normalized spacial score (nSPS) is 20.3. The van der Waals surface area contributed by atoms with Gasteiger partial charge < -0.3 is 20.1 Å². The molecule has 1 saturated heterocycles. The second-order valence-electron chi connectivity index (χ2n) is 6.15. The molecule has 124 valence electrons. The molecule has 0 bridgehead atoms. The third-order valence-corrected chi connectivity index (χ3v) is 4.02. The number of likely N-dealkylation sites (tertiary alicyclic amines) is 1. The summed E-state index contributed by atoms with van der Waals surface area (Å²) < 4.78 is 5.23. The molecule has 1 aromatic rings. The van der Waals surface area contributed by atoms with E-state index < -0.39 is 5.91 Å². The number of phenols is 1. The predicted octanol–water partition coefficient (Wildman–Crippen LogP) is 2.02. The number of aromatic hydroxyl groups is 1. The lowest BCUT2D eigenvalue weighted by atomic mass is 9.91. The predicted molar refractivity (Wildman–Crippen MR) is 87.4 cm³/mol. The SMILES string of the molecule is C=CC(=O)Nc1cc(C(=O)N2CCC(C)(COC)C2)ccc1O. The fraction of sp³-hybridized carbons (Fsp3) is 0.412. The van der Waals surface area contributed by atoms with Gasteiger partial charge in [0.2, 0.25) is 5.91 Å². The van der Waals surface area contributed by atoms with Crippen LogP contribution in [0.5, 0.6) is 5.75 Å². The molecule has 1 aliphatic rings. The highest BCUT2D eigenvalue weighted by Crippen LogP contribution is 2.32. The third-order valence-electron chi connectivity index (χ3n) is 4.02. The quantitative estimate of drug-likeness (QED) is 0.643. The van der Waals surface area contributed by atoms with E-state index in [0.29, 0.717) is 25.3 Å². The van der Waals surface area contributed by atoms with Crippen molar-refractivity contribution < 1.29 is 19.4 Å². The van der Waals surface area contributed by atoms with Crippen LogP contribution >= 0.6 is 0 Å². The molecule has 1 unspecified atom stereocenters. The first kappa shape index (κ1) is 17.0. The van der Waals surface area contributed by atoms with Gasteiger partial charge in [-0.25, -0.2) is 0 Å². The van der Waals surface area contributed by atoms with Gasteiger partial charge in [0.05, 0.1) is 12.3 Å². The van der Waals surface area contributed by atoms with Crippen molar-refractivity contribution in [2.75, 3.05) is 32.1 Å². The minimum absolute atomic E-state index is 0.0405. The van der Waals surface area contributed by atoms with Gasteiger partial charge in [-0.05, 0) is 30.7 Å². The monoisotopic (exact) mass is 318 g/mol. The summed E-state index contributed by atoms with van der Waals surface area (Å²) in [6.45, 7) is 7.34. The summed E-state index contributed by atoms with van der Waals surface area (Å²) in [5, 5.41) is 12.3. The number of nitrogens with one attached hydrogen (secondary N) is 1. The summed E-state index contributed by atoms with van der Waals surface area (Å²) in [4.78, 5) is 25.8. The molecule has 2 rings (SSSR count). The Balaban J connectivity index is 2.15. The molecule has 0 aliphatic carbocycles. The van der Waals surface area contributed by atoms with Crippen LogP contribution in [0.25, 0.3) is 0 Å². The summed E-state index contributed by atoms with van der Waals surface area (Å²) in [5.41, 5.74) is 0.574. The smallest absolute Gasteiger partial charge is 0.253 e. The van der Waals surface area contributed by atoms with Gasteiger partial charge in [-0.1, -0.05) is 13.5 Å². The Labute approximate surface area is 135 Å². The molecule has 2 amide bonds. The van der Waals surface area contributed by atoms with Crippen molar-refractivity contribution in [2.45, 2.75) is 13.3 Å². The topological polar surface area (TPSA) is 78.9 Å². The fourth-order valence-corrected chi connectivity index (χ4v) is 2.80. The summed E-state index contributed by atoms with van der Waals surface area (Å²) in [5.74, 6) is -0.667. The standard InChI is InChI=1S/C17H22N2O4/c1-4-15(21)18-13-9-12(5-6-14(13)20)16(22)19-8-7-17(2,10-19)11-23-3/h4-6,9,20H,1,7-8,10-11H2,2-3H3,(H,18,21). The number of rotatable bonds is 5. The van der Waals surface area contributed by atoms with Gasteiger partial charge in [0.25, 0.3) is 5.91 Å². The number of methoxy groups -OCH3 is 1. The second-order valence-corrected chi connectivity index (χ2v) is 6.15. The van der Waals surface area contributed by atoms with Gasteiger partial charge in [0, 0.05) is 31.2 Å². The van der Waals surface area contributed by atoms with Crippen molar-refractivity contribution in [3.8, 4) is 5.75 Å². The minimum atomic E-state index is -0.446. The molecular formula is C17H22N2O4. The molecular weight excluding hydrogens is 296 g/mol. The number of carbonyl (C=O) groups excluding carboxylic acids is 2. The highest BCUT2D eigenvalue weighted by atomic mass is 16.5. The molecule has 0 spiro atoms. The number of hydrogen-bond donors (Lipinski definition) is 2. The van der Waals surface area contributed by atoms with Gasteiger partial charge in [-0.2, -0.15) is 0 Å². The Bertz CT molecular complexity index is 629. The first-order chi connectivity index (χ1) is 10.9. The van der Waals surface area contributed by atoms with Crippen molar-refractivity contribution in [3.63, 3.8) is 0 Å². The number of anilines is 1. The molecule has 23 heavy (non-hydrogen) atoms. The van der Waals surface area contributed by atoms with E-state index in [1.165, 1.54) is 12.1 Å². The number of carbonyl (C=O) groups is 2. The zero-order chi connectivity index (χ0) is 17.0. The minimum Gasteiger partial charge on any atom is -0.506 e. The Kier molecular flexibility index (Phi) is 5.05. The molecule has 1 aliphatic heterocycles. The molecule has 6 nitrogen and oxygen atoms in total. The summed E-state index contributed by atoms with van der Waals surface area (Å²) >= 11 is 0. The highest BCUT2D eigenvalue weighted by Gasteiger charge is 2.36. The lowest BCUT2D eigenvalue weighted by Crippen LogP contribution is -2.32. The van der Waals surface area contributed by atoms with Crippen LogP contribution in [-0.4, -0.2) is 48.6 Å². The fourth-order valence-electron chi connectivity index (χ4n) is 2.80. The first-order valence-electron chi connectivity index (χ1n) is 7.43. The van der Waals surface area contributed by atoms with Crippen molar-refractivity contribution in [3.05, 3.63) is 36.4 Å². The zero-order valence-corrected chi connectivity index (χ0v) is 13.5. The molecule has 1 heterocycles. The Morgan fingerprint density at radius 3 is 2.91 bits per heavy atom. The van der Waals surface area contributed by atoms with Crippen molar-refractivity contribution in [2.24, 2.45) is 5.41 Å². The number of benzene rings is 1. The van der Waals surface area contributed by atoms with E-state index >= 15 is 0 Å². The number of nitrogens with zero attached hydrogens (tertiary/aromatic N) is 1. The molecule has 1 aromatic carbocycles. The van der Waals surface area contributed by atoms with E-state index in [4.69, 9.17) is 4.74 Å². The number of phenolic OH excluding ortho intramolecular Hbond substituents is 1. The van der Waals surface area contributed by atoms with Crippen molar-refractivity contribution in [1.29, 1.82) is 0 Å². The lowest BCUT2D eigenvalue weighted by molar-refractivity contribution is -0.111. The van der Waals surface area contributed by atoms with E-state index in [1.54, 1.807) is 18.1 Å². The summed E-state index contributed by atoms with van der Waals surface area (Å²) in [7, 11) is 1.66. The maximum absolute atomic E-state index is 12.6. The van der Waals surface area contributed by atoms with Crippen LogP contribution in [0, 0.1) is 5.41 Å². The lowest BCUT2D eigenvalue weighted by Gasteiger charge is -2.23. The van der Waals surface area contributed by atoms with Crippen molar-refractivity contribution >= 4 is 17.5 Å². The number of hydrogen-bond acceptors (Lipinski definition) is 4. The van der Waals surface area contributed by atoms with Gasteiger partial charge in [-0.15, -0.1) is 0 Å². The van der Waals surface area contributed by atoms with Crippen LogP contribution in [0.15, 0.2) is 30.9 Å². The van der Waals surface area contributed by atoms with Crippen LogP contribution in [0.2, 0.25) is 0 Å². The van der Waals surface area contributed by atoms with Crippen molar-refractivity contribution in [1.82, 2.24) is 4.90 Å². The highest BCUT2D eigenvalue weighted by molar-refractivity contribution is 6.02. The maximum Gasteiger partial charge on any atom is 0.253 e. The van der Waals surface area contributed by atoms with Gasteiger partial charge in [0.1, 0.15) is 5.75 Å². The molecule has 0 saturated carbocycles. The second kappa shape index (κ2) is 6.83. The van der Waals surface area contributed by atoms with Crippen LogP contribution in [-0.2, 0) is 9.53 Å². The van der Waals surface area contributed by atoms with Crippen LogP contribution in [0.1, 0.15) is 23.7 Å². The average molecular weight is 318 g/mol. The van der Waals surface area contributed by atoms with E-state index in [2.05, 4.69) is 18.8 Å². The average Bonchev–Trinajstić information content (AvgIpc) is 2.91. The maximum atomic E-state index is 12.6. The largest absolute Gasteiger partial charge is 0.506 e. The Hall–Kier alpha value is -2.34.